The molecule has 2 atom stereocenters. The maximum Gasteiger partial charge on any atom is 0.0707 e. The molecule has 2 rings (SSSR count). The van der Waals surface area contributed by atoms with Crippen molar-refractivity contribution < 1.29 is 33.2 Å². The molecule has 2 heterocycles. The summed E-state index contributed by atoms with van der Waals surface area (Å²) in [6, 6.07) is 0. The number of nitrogens with zero attached hydrogens (tertiary/aromatic N) is 1. The number of fused-ring (bicyclic) bond motifs is 2. The molecule has 2 unspecified atom stereocenters. The van der Waals surface area contributed by atoms with Crippen LogP contribution in [0, 0.1) is 11.8 Å². The van der Waals surface area contributed by atoms with Gasteiger partial charge in [-0.1, -0.05) is 0 Å². The first-order valence-corrected chi connectivity index (χ1v) is 12.6. The topological polar surface area (TPSA) is 67.9 Å². The Hall–Kier alpha value is -0.320. The van der Waals surface area contributed by atoms with E-state index in [2.05, 4.69) is 25.7 Å². The van der Waals surface area contributed by atoms with Crippen molar-refractivity contribution >= 4 is 0 Å². The molecule has 8 nitrogen and oxygen atoms in total. The molecule has 2 saturated heterocycles. The zero-order valence-electron chi connectivity index (χ0n) is 21.9. The predicted octanol–water partition coefficient (Wildman–Crippen LogP) is 2.63. The monoisotopic (exact) mass is 475 g/mol. The number of piperidine rings is 1. The summed E-state index contributed by atoms with van der Waals surface area (Å²) < 4.78 is 40.1. The van der Waals surface area contributed by atoms with Crippen molar-refractivity contribution in [3.8, 4) is 0 Å². The average Bonchev–Trinajstić information content (AvgIpc) is 2.69. The maximum absolute atomic E-state index is 6.36. The number of ether oxygens (including phenoxy) is 7. The minimum atomic E-state index is -0.117. The molecule has 2 bridgehead atoms. The first kappa shape index (κ1) is 28.9. The average molecular weight is 476 g/mol. The summed E-state index contributed by atoms with van der Waals surface area (Å²) in [7, 11) is 0. The van der Waals surface area contributed by atoms with Crippen LogP contribution in [-0.2, 0) is 33.2 Å². The summed E-state index contributed by atoms with van der Waals surface area (Å²) in [6.07, 6.45) is 0.306. The van der Waals surface area contributed by atoms with Gasteiger partial charge in [-0.15, -0.1) is 0 Å². The zero-order valence-corrected chi connectivity index (χ0v) is 21.9. The minimum absolute atomic E-state index is 0.107. The summed E-state index contributed by atoms with van der Waals surface area (Å²) in [4.78, 5) is 2.49. The molecule has 0 aromatic heterocycles. The first-order chi connectivity index (χ1) is 15.6. The van der Waals surface area contributed by atoms with Gasteiger partial charge in [-0.25, -0.2) is 0 Å². The van der Waals surface area contributed by atoms with Gasteiger partial charge in [-0.2, -0.15) is 0 Å². The number of hydrogen-bond donors (Lipinski definition) is 0. The van der Waals surface area contributed by atoms with Crippen molar-refractivity contribution in [1.29, 1.82) is 0 Å². The third-order valence-electron chi connectivity index (χ3n) is 5.50. The van der Waals surface area contributed by atoms with Gasteiger partial charge in [0.15, 0.2) is 0 Å². The third kappa shape index (κ3) is 13.4. The zero-order chi connectivity index (χ0) is 24.2. The van der Waals surface area contributed by atoms with Gasteiger partial charge >= 0.3 is 0 Å². The SMILES string of the molecule is CC(C)(C)OCCOCCOCCOCCOCCN1CC2COCC(C1)C2OC(C)(C)C. The van der Waals surface area contributed by atoms with Gasteiger partial charge in [0.05, 0.1) is 90.0 Å². The van der Waals surface area contributed by atoms with E-state index in [1.54, 1.807) is 0 Å². The number of hydrogen-bond acceptors (Lipinski definition) is 8. The lowest BCUT2D eigenvalue weighted by molar-refractivity contribution is -0.188. The second-order valence-corrected chi connectivity index (χ2v) is 10.9. The molecular formula is C25H49NO7. The number of likely N-dealkylation sites (tertiary alicyclic amines) is 1. The van der Waals surface area contributed by atoms with Gasteiger partial charge in [0.25, 0.3) is 0 Å². The van der Waals surface area contributed by atoms with Crippen LogP contribution in [-0.4, -0.2) is 115 Å². The standard InChI is InChI=1S/C25H49NO7/c1-24(2,3)32-16-15-30-14-13-29-12-11-28-10-9-27-8-7-26-17-21-19-31-20-22(18-26)23(21)33-25(4,5)6/h21-23H,7-20H2,1-6H3. The number of rotatable bonds is 16. The van der Waals surface area contributed by atoms with Gasteiger partial charge in [0, 0.05) is 31.5 Å². The van der Waals surface area contributed by atoms with Gasteiger partial charge < -0.3 is 38.1 Å². The van der Waals surface area contributed by atoms with Gasteiger partial charge in [0.2, 0.25) is 0 Å². The van der Waals surface area contributed by atoms with Crippen LogP contribution in [0.3, 0.4) is 0 Å². The van der Waals surface area contributed by atoms with E-state index in [1.807, 2.05) is 20.8 Å². The highest BCUT2D eigenvalue weighted by molar-refractivity contribution is 4.91. The van der Waals surface area contributed by atoms with Crippen LogP contribution >= 0.6 is 0 Å². The second-order valence-electron chi connectivity index (χ2n) is 10.9. The highest BCUT2D eigenvalue weighted by atomic mass is 16.6. The predicted molar refractivity (Wildman–Crippen MR) is 128 cm³/mol. The van der Waals surface area contributed by atoms with E-state index in [0.717, 1.165) is 39.5 Å². The van der Waals surface area contributed by atoms with Crippen LogP contribution in [0.2, 0.25) is 0 Å². The fourth-order valence-corrected chi connectivity index (χ4v) is 4.14. The quantitative estimate of drug-likeness (QED) is 0.316. The fourth-order valence-electron chi connectivity index (χ4n) is 4.14. The molecule has 0 amide bonds. The van der Waals surface area contributed by atoms with Crippen molar-refractivity contribution in [1.82, 2.24) is 4.90 Å². The summed E-state index contributed by atoms with van der Waals surface area (Å²) in [5.41, 5.74) is -0.224. The molecule has 0 N–H and O–H groups in total. The van der Waals surface area contributed by atoms with Crippen LogP contribution in [0.25, 0.3) is 0 Å². The van der Waals surface area contributed by atoms with E-state index in [1.165, 1.54) is 0 Å². The molecule has 0 radical (unpaired) electrons. The molecule has 0 saturated carbocycles. The van der Waals surface area contributed by atoms with Crippen LogP contribution in [0.1, 0.15) is 41.5 Å². The Morgan fingerprint density at radius 3 is 1.55 bits per heavy atom. The second kappa shape index (κ2) is 14.9. The third-order valence-corrected chi connectivity index (χ3v) is 5.50. The van der Waals surface area contributed by atoms with Gasteiger partial charge in [-0.05, 0) is 41.5 Å². The van der Waals surface area contributed by atoms with E-state index < -0.39 is 0 Å². The Balaban J connectivity index is 1.38. The van der Waals surface area contributed by atoms with Crippen molar-refractivity contribution in [3.63, 3.8) is 0 Å². The largest absolute Gasteiger partial charge is 0.381 e. The minimum Gasteiger partial charge on any atom is -0.381 e. The fraction of sp³-hybridized carbons (Fsp3) is 1.00. The molecule has 33 heavy (non-hydrogen) atoms. The lowest BCUT2D eigenvalue weighted by atomic mass is 9.84. The maximum atomic E-state index is 6.36. The van der Waals surface area contributed by atoms with Crippen LogP contribution < -0.4 is 0 Å². The van der Waals surface area contributed by atoms with Crippen molar-refractivity contribution in [3.05, 3.63) is 0 Å². The molecule has 196 valence electrons. The molecule has 0 aliphatic carbocycles. The van der Waals surface area contributed by atoms with E-state index in [-0.39, 0.29) is 11.2 Å². The van der Waals surface area contributed by atoms with E-state index in [0.29, 0.717) is 70.8 Å². The first-order valence-electron chi connectivity index (χ1n) is 12.6. The highest BCUT2D eigenvalue weighted by Gasteiger charge is 2.42. The Morgan fingerprint density at radius 2 is 1.09 bits per heavy atom. The Morgan fingerprint density at radius 1 is 0.636 bits per heavy atom. The Bertz CT molecular complexity index is 492. The molecule has 0 spiro atoms. The van der Waals surface area contributed by atoms with E-state index in [4.69, 9.17) is 33.2 Å². The molecule has 2 aliphatic rings. The van der Waals surface area contributed by atoms with Crippen molar-refractivity contribution in [2.75, 3.05) is 92.3 Å². The van der Waals surface area contributed by atoms with Gasteiger partial charge in [-0.3, -0.25) is 0 Å². The van der Waals surface area contributed by atoms with E-state index >= 15 is 0 Å². The van der Waals surface area contributed by atoms with Crippen LogP contribution in [0.4, 0.5) is 0 Å². The normalized spacial score (nSPS) is 24.4. The molecule has 2 aliphatic heterocycles. The van der Waals surface area contributed by atoms with E-state index in [9.17, 15) is 0 Å². The van der Waals surface area contributed by atoms with Gasteiger partial charge in [0.1, 0.15) is 0 Å². The van der Waals surface area contributed by atoms with Crippen molar-refractivity contribution in [2.45, 2.75) is 58.8 Å². The summed E-state index contributed by atoms with van der Waals surface area (Å²) in [6.45, 7) is 22.5. The highest BCUT2D eigenvalue weighted by Crippen LogP contribution is 2.32. The lowest BCUT2D eigenvalue weighted by Gasteiger charge is -2.48. The smallest absolute Gasteiger partial charge is 0.0707 e. The summed E-state index contributed by atoms with van der Waals surface area (Å²) in [5, 5.41) is 0. The lowest BCUT2D eigenvalue weighted by Crippen LogP contribution is -2.58. The molecular weight excluding hydrogens is 426 g/mol. The summed E-state index contributed by atoms with van der Waals surface area (Å²) in [5.74, 6) is 0.893. The molecule has 2 fully saturated rings. The molecule has 8 heteroatoms. The van der Waals surface area contributed by atoms with Crippen molar-refractivity contribution in [2.24, 2.45) is 11.8 Å². The molecule has 0 aromatic carbocycles. The van der Waals surface area contributed by atoms with Crippen LogP contribution in [0.15, 0.2) is 0 Å². The molecule has 0 aromatic rings. The Labute approximate surface area is 201 Å². The summed E-state index contributed by atoms with van der Waals surface area (Å²) >= 11 is 0. The Kier molecular flexibility index (Phi) is 13.1. The van der Waals surface area contributed by atoms with Crippen LogP contribution in [0.5, 0.6) is 0 Å².